The molecule has 2 nitrogen and oxygen atoms in total. The molecular formula is C13H16N2S. The first-order valence-corrected chi connectivity index (χ1v) is 6.32. The summed E-state index contributed by atoms with van der Waals surface area (Å²) in [5, 5.41) is 0. The minimum Gasteiger partial charge on any atom is -0.331 e. The SMILES string of the molecule is CCC1CC1n1c(=S)[nH]c2cc(C)ccc21. The van der Waals surface area contributed by atoms with Gasteiger partial charge in [0.25, 0.3) is 0 Å². The first kappa shape index (κ1) is 10.1. The van der Waals surface area contributed by atoms with Crippen LogP contribution in [0.2, 0.25) is 0 Å². The third kappa shape index (κ3) is 1.42. The summed E-state index contributed by atoms with van der Waals surface area (Å²) in [6, 6.07) is 7.14. The van der Waals surface area contributed by atoms with E-state index in [1.54, 1.807) is 0 Å². The average molecular weight is 232 g/mol. The number of aryl methyl sites for hydroxylation is 1. The number of hydrogen-bond acceptors (Lipinski definition) is 1. The van der Waals surface area contributed by atoms with E-state index in [0.717, 1.165) is 10.7 Å². The number of aromatic amines is 1. The van der Waals surface area contributed by atoms with Gasteiger partial charge in [-0.25, -0.2) is 0 Å². The number of nitrogens with one attached hydrogen (secondary N) is 1. The van der Waals surface area contributed by atoms with Crippen LogP contribution in [0.15, 0.2) is 18.2 Å². The Hall–Kier alpha value is -1.09. The predicted molar refractivity (Wildman–Crippen MR) is 69.3 cm³/mol. The summed E-state index contributed by atoms with van der Waals surface area (Å²) in [5.74, 6) is 0.826. The lowest BCUT2D eigenvalue weighted by Crippen LogP contribution is -1.95. The Kier molecular flexibility index (Phi) is 2.18. The summed E-state index contributed by atoms with van der Waals surface area (Å²) in [6.45, 7) is 4.37. The zero-order chi connectivity index (χ0) is 11.3. The maximum absolute atomic E-state index is 5.42. The Morgan fingerprint density at radius 1 is 1.50 bits per heavy atom. The molecule has 0 saturated heterocycles. The lowest BCUT2D eigenvalue weighted by molar-refractivity contribution is 0.648. The van der Waals surface area contributed by atoms with Crippen molar-refractivity contribution in [2.24, 2.45) is 5.92 Å². The summed E-state index contributed by atoms with van der Waals surface area (Å²) in [4.78, 5) is 3.31. The van der Waals surface area contributed by atoms with Crippen molar-refractivity contribution >= 4 is 23.3 Å². The number of nitrogens with zero attached hydrogens (tertiary/aromatic N) is 1. The Labute approximate surface area is 100 Å². The van der Waals surface area contributed by atoms with Crippen LogP contribution in [0.25, 0.3) is 11.0 Å². The highest BCUT2D eigenvalue weighted by Gasteiger charge is 2.38. The molecule has 2 aromatic rings. The van der Waals surface area contributed by atoms with Crippen LogP contribution in [0.3, 0.4) is 0 Å². The molecule has 1 N–H and O–H groups in total. The van der Waals surface area contributed by atoms with Crippen molar-refractivity contribution < 1.29 is 0 Å². The zero-order valence-electron chi connectivity index (χ0n) is 9.66. The second kappa shape index (κ2) is 3.45. The van der Waals surface area contributed by atoms with E-state index in [1.807, 2.05) is 0 Å². The van der Waals surface area contributed by atoms with E-state index in [9.17, 15) is 0 Å². The fourth-order valence-corrected chi connectivity index (χ4v) is 2.90. The molecule has 0 radical (unpaired) electrons. The van der Waals surface area contributed by atoms with Gasteiger partial charge in [-0.05, 0) is 49.2 Å². The van der Waals surface area contributed by atoms with Crippen LogP contribution in [-0.2, 0) is 0 Å². The van der Waals surface area contributed by atoms with Crippen LogP contribution in [0.4, 0.5) is 0 Å². The molecule has 84 valence electrons. The second-order valence-electron chi connectivity index (χ2n) is 4.79. The third-order valence-corrected chi connectivity index (χ3v) is 3.91. The minimum absolute atomic E-state index is 0.633. The van der Waals surface area contributed by atoms with Gasteiger partial charge in [0.15, 0.2) is 4.77 Å². The quantitative estimate of drug-likeness (QED) is 0.777. The molecule has 0 spiro atoms. The van der Waals surface area contributed by atoms with Crippen LogP contribution in [0.5, 0.6) is 0 Å². The molecule has 1 aliphatic carbocycles. The molecule has 1 aromatic heterocycles. The molecule has 16 heavy (non-hydrogen) atoms. The first-order valence-electron chi connectivity index (χ1n) is 5.91. The summed E-state index contributed by atoms with van der Waals surface area (Å²) in [6.07, 6.45) is 2.54. The Morgan fingerprint density at radius 2 is 2.31 bits per heavy atom. The van der Waals surface area contributed by atoms with Gasteiger partial charge in [-0.15, -0.1) is 0 Å². The van der Waals surface area contributed by atoms with E-state index >= 15 is 0 Å². The van der Waals surface area contributed by atoms with Crippen molar-refractivity contribution in [3.63, 3.8) is 0 Å². The van der Waals surface area contributed by atoms with Crippen LogP contribution in [0.1, 0.15) is 31.4 Å². The number of fused-ring (bicyclic) bond motifs is 1. The van der Waals surface area contributed by atoms with Gasteiger partial charge < -0.3 is 9.55 Å². The molecule has 1 aliphatic rings. The van der Waals surface area contributed by atoms with Crippen LogP contribution < -0.4 is 0 Å². The van der Waals surface area contributed by atoms with Crippen LogP contribution in [-0.4, -0.2) is 9.55 Å². The molecule has 3 heteroatoms. The average Bonchev–Trinajstić information content (AvgIpc) is 2.94. The van der Waals surface area contributed by atoms with E-state index in [4.69, 9.17) is 12.2 Å². The Balaban J connectivity index is 2.17. The summed E-state index contributed by atoms with van der Waals surface area (Å²) < 4.78 is 3.18. The lowest BCUT2D eigenvalue weighted by Gasteiger charge is -2.02. The first-order chi connectivity index (χ1) is 7.70. The van der Waals surface area contributed by atoms with Gasteiger partial charge in [-0.3, -0.25) is 0 Å². The van der Waals surface area contributed by atoms with E-state index in [-0.39, 0.29) is 0 Å². The number of aromatic nitrogens is 2. The van der Waals surface area contributed by atoms with E-state index in [1.165, 1.54) is 29.4 Å². The summed E-state index contributed by atoms with van der Waals surface area (Å²) in [5.41, 5.74) is 3.71. The van der Waals surface area contributed by atoms with Crippen molar-refractivity contribution in [2.45, 2.75) is 32.7 Å². The molecule has 2 unspecified atom stereocenters. The monoisotopic (exact) mass is 232 g/mol. The molecule has 2 atom stereocenters. The zero-order valence-corrected chi connectivity index (χ0v) is 10.5. The maximum atomic E-state index is 5.42. The minimum atomic E-state index is 0.633. The molecular weight excluding hydrogens is 216 g/mol. The van der Waals surface area contributed by atoms with Crippen molar-refractivity contribution in [3.8, 4) is 0 Å². The second-order valence-corrected chi connectivity index (χ2v) is 5.18. The molecule has 0 bridgehead atoms. The van der Waals surface area contributed by atoms with Gasteiger partial charge in [-0.1, -0.05) is 19.4 Å². The fourth-order valence-electron chi connectivity index (χ4n) is 2.56. The maximum Gasteiger partial charge on any atom is 0.178 e. The summed E-state index contributed by atoms with van der Waals surface area (Å²) >= 11 is 5.42. The van der Waals surface area contributed by atoms with Gasteiger partial charge in [0, 0.05) is 6.04 Å². The highest BCUT2D eigenvalue weighted by atomic mass is 32.1. The standard InChI is InChI=1S/C13H16N2S/c1-3-9-7-12(9)15-11-5-4-8(2)6-10(11)14-13(15)16/h4-6,9,12H,3,7H2,1-2H3,(H,14,16). The number of hydrogen-bond donors (Lipinski definition) is 1. The lowest BCUT2D eigenvalue weighted by atomic mass is 10.2. The van der Waals surface area contributed by atoms with Crippen molar-refractivity contribution in [2.75, 3.05) is 0 Å². The molecule has 1 aromatic carbocycles. The van der Waals surface area contributed by atoms with Crippen LogP contribution in [0, 0.1) is 17.6 Å². The predicted octanol–water partition coefficient (Wildman–Crippen LogP) is 3.98. The molecule has 1 heterocycles. The Bertz CT molecular complexity index is 593. The van der Waals surface area contributed by atoms with E-state index < -0.39 is 0 Å². The molecule has 3 rings (SSSR count). The molecule has 1 fully saturated rings. The summed E-state index contributed by atoms with van der Waals surface area (Å²) in [7, 11) is 0. The molecule has 0 amide bonds. The van der Waals surface area contributed by atoms with Gasteiger partial charge in [0.05, 0.1) is 11.0 Å². The number of H-pyrrole nitrogens is 1. The van der Waals surface area contributed by atoms with Gasteiger partial charge in [0.2, 0.25) is 0 Å². The largest absolute Gasteiger partial charge is 0.331 e. The molecule has 1 saturated carbocycles. The number of imidazole rings is 1. The van der Waals surface area contributed by atoms with Gasteiger partial charge in [-0.2, -0.15) is 0 Å². The molecule has 0 aliphatic heterocycles. The van der Waals surface area contributed by atoms with Gasteiger partial charge >= 0.3 is 0 Å². The highest BCUT2D eigenvalue weighted by Crippen LogP contribution is 2.47. The van der Waals surface area contributed by atoms with Gasteiger partial charge in [0.1, 0.15) is 0 Å². The van der Waals surface area contributed by atoms with Crippen LogP contribution >= 0.6 is 12.2 Å². The number of benzene rings is 1. The van der Waals surface area contributed by atoms with Crippen molar-refractivity contribution in [1.29, 1.82) is 0 Å². The van der Waals surface area contributed by atoms with E-state index in [2.05, 4.69) is 41.6 Å². The van der Waals surface area contributed by atoms with Crippen molar-refractivity contribution in [3.05, 3.63) is 28.5 Å². The fraction of sp³-hybridized carbons (Fsp3) is 0.462. The number of rotatable bonds is 2. The van der Waals surface area contributed by atoms with Crippen molar-refractivity contribution in [1.82, 2.24) is 9.55 Å². The van der Waals surface area contributed by atoms with E-state index in [0.29, 0.717) is 6.04 Å². The smallest absolute Gasteiger partial charge is 0.178 e. The topological polar surface area (TPSA) is 20.7 Å². The highest BCUT2D eigenvalue weighted by molar-refractivity contribution is 7.71. The normalized spacial score (nSPS) is 23.9. The Morgan fingerprint density at radius 3 is 3.00 bits per heavy atom. The third-order valence-electron chi connectivity index (χ3n) is 3.61.